The van der Waals surface area contributed by atoms with Crippen LogP contribution in [0.2, 0.25) is 0 Å². The number of aliphatic carboxylic acids is 1. The number of hydrogen-bond donors (Lipinski definition) is 1. The second kappa shape index (κ2) is 6.20. The van der Waals surface area contributed by atoms with Gasteiger partial charge in [0.05, 0.1) is 5.92 Å². The summed E-state index contributed by atoms with van der Waals surface area (Å²) in [6.07, 6.45) is 2.74. The Bertz CT molecular complexity index is 744. The molecule has 120 valence electrons. The lowest BCUT2D eigenvalue weighted by atomic mass is 9.98. The molecule has 0 spiro atoms. The van der Waals surface area contributed by atoms with Gasteiger partial charge in [-0.15, -0.1) is 0 Å². The minimum Gasteiger partial charge on any atom is -0.481 e. The average molecular weight is 317 g/mol. The Morgan fingerprint density at radius 1 is 1.26 bits per heavy atom. The van der Waals surface area contributed by atoms with Crippen molar-refractivity contribution in [3.8, 4) is 5.69 Å². The number of para-hydroxylation sites is 1. The molecule has 1 aliphatic heterocycles. The summed E-state index contributed by atoms with van der Waals surface area (Å²) in [5.74, 6) is -2.19. The number of halogens is 1. The largest absolute Gasteiger partial charge is 0.481 e. The fraction of sp³-hybridized carbons (Fsp3) is 0.312. The lowest BCUT2D eigenvalue weighted by Gasteiger charge is -2.30. The van der Waals surface area contributed by atoms with Crippen molar-refractivity contribution in [3.63, 3.8) is 0 Å². The predicted molar refractivity (Wildman–Crippen MR) is 79.8 cm³/mol. The van der Waals surface area contributed by atoms with E-state index in [1.807, 2.05) is 0 Å². The van der Waals surface area contributed by atoms with Crippen molar-refractivity contribution in [2.75, 3.05) is 13.1 Å². The maximum absolute atomic E-state index is 13.8. The van der Waals surface area contributed by atoms with Gasteiger partial charge < -0.3 is 10.0 Å². The zero-order chi connectivity index (χ0) is 16.4. The van der Waals surface area contributed by atoms with E-state index in [1.54, 1.807) is 18.2 Å². The fourth-order valence-electron chi connectivity index (χ4n) is 2.73. The average Bonchev–Trinajstić information content (AvgIpc) is 3.04. The van der Waals surface area contributed by atoms with E-state index in [4.69, 9.17) is 5.11 Å². The first-order valence-electron chi connectivity index (χ1n) is 7.39. The number of hydrogen-bond acceptors (Lipinski definition) is 3. The zero-order valence-corrected chi connectivity index (χ0v) is 12.4. The second-order valence-corrected chi connectivity index (χ2v) is 5.53. The summed E-state index contributed by atoms with van der Waals surface area (Å²) in [4.78, 5) is 25.0. The highest BCUT2D eigenvalue weighted by atomic mass is 19.1. The Balaban J connectivity index is 1.79. The number of piperidine rings is 1. The summed E-state index contributed by atoms with van der Waals surface area (Å²) in [7, 11) is 0. The topological polar surface area (TPSA) is 75.4 Å². The van der Waals surface area contributed by atoms with E-state index in [0.29, 0.717) is 19.4 Å². The lowest BCUT2D eigenvalue weighted by molar-refractivity contribution is -0.143. The number of carbonyl (C=O) groups excluding carboxylic acids is 1. The predicted octanol–water partition coefficient (Wildman–Crippen LogP) is 1.95. The third-order valence-electron chi connectivity index (χ3n) is 3.97. The third-order valence-corrected chi connectivity index (χ3v) is 3.97. The Morgan fingerprint density at radius 2 is 2.04 bits per heavy atom. The van der Waals surface area contributed by atoms with Gasteiger partial charge in [0, 0.05) is 19.3 Å². The van der Waals surface area contributed by atoms with Crippen molar-refractivity contribution in [3.05, 3.63) is 48.0 Å². The Hall–Kier alpha value is -2.70. The van der Waals surface area contributed by atoms with Crippen LogP contribution in [0.3, 0.4) is 0 Å². The van der Waals surface area contributed by atoms with Crippen LogP contribution in [-0.4, -0.2) is 44.8 Å². The Kier molecular flexibility index (Phi) is 4.10. The van der Waals surface area contributed by atoms with Gasteiger partial charge in [-0.3, -0.25) is 9.59 Å². The van der Waals surface area contributed by atoms with Gasteiger partial charge in [0.1, 0.15) is 11.5 Å². The van der Waals surface area contributed by atoms with E-state index in [1.165, 1.54) is 27.9 Å². The number of carboxylic acids is 1. The van der Waals surface area contributed by atoms with Crippen LogP contribution in [0.25, 0.3) is 5.69 Å². The fourth-order valence-corrected chi connectivity index (χ4v) is 2.73. The molecule has 7 heteroatoms. The number of benzene rings is 1. The van der Waals surface area contributed by atoms with Gasteiger partial charge in [0.15, 0.2) is 5.69 Å². The first-order valence-corrected chi connectivity index (χ1v) is 7.39. The molecule has 1 aromatic heterocycles. The molecule has 3 rings (SSSR count). The van der Waals surface area contributed by atoms with E-state index in [2.05, 4.69) is 5.10 Å². The molecule has 1 amide bonds. The molecule has 0 radical (unpaired) electrons. The summed E-state index contributed by atoms with van der Waals surface area (Å²) in [5, 5.41) is 13.2. The molecule has 1 saturated heterocycles. The number of carboxylic acid groups (broad SMARTS) is 1. The van der Waals surface area contributed by atoms with E-state index in [0.717, 1.165) is 0 Å². The Labute approximate surface area is 132 Å². The minimum absolute atomic E-state index is 0.180. The number of carbonyl (C=O) groups is 2. The molecule has 1 aliphatic rings. The highest BCUT2D eigenvalue weighted by Gasteiger charge is 2.29. The number of amides is 1. The van der Waals surface area contributed by atoms with Gasteiger partial charge in [-0.25, -0.2) is 9.07 Å². The van der Waals surface area contributed by atoms with Crippen molar-refractivity contribution >= 4 is 11.9 Å². The third kappa shape index (κ3) is 3.08. The van der Waals surface area contributed by atoms with E-state index < -0.39 is 17.7 Å². The van der Waals surface area contributed by atoms with E-state index >= 15 is 0 Å². The van der Waals surface area contributed by atoms with E-state index in [9.17, 15) is 14.0 Å². The van der Waals surface area contributed by atoms with Gasteiger partial charge in [0.25, 0.3) is 5.91 Å². The molecule has 2 aromatic rings. The molecule has 0 bridgehead atoms. The van der Waals surface area contributed by atoms with E-state index in [-0.39, 0.29) is 23.8 Å². The number of likely N-dealkylation sites (tertiary alicyclic amines) is 1. The second-order valence-electron chi connectivity index (χ2n) is 5.53. The van der Waals surface area contributed by atoms with Crippen molar-refractivity contribution < 1.29 is 19.1 Å². The molecule has 1 atom stereocenters. The molecule has 6 nitrogen and oxygen atoms in total. The summed E-state index contributed by atoms with van der Waals surface area (Å²) < 4.78 is 15.1. The maximum atomic E-state index is 13.8. The van der Waals surface area contributed by atoms with Crippen LogP contribution in [0.5, 0.6) is 0 Å². The highest BCUT2D eigenvalue weighted by molar-refractivity contribution is 5.92. The lowest BCUT2D eigenvalue weighted by Crippen LogP contribution is -2.42. The first-order chi connectivity index (χ1) is 11.1. The van der Waals surface area contributed by atoms with Gasteiger partial charge in [-0.05, 0) is 31.0 Å². The molecule has 1 fully saturated rings. The van der Waals surface area contributed by atoms with Crippen LogP contribution in [-0.2, 0) is 4.79 Å². The molecule has 23 heavy (non-hydrogen) atoms. The molecule has 0 aliphatic carbocycles. The monoisotopic (exact) mass is 317 g/mol. The Morgan fingerprint density at radius 3 is 2.78 bits per heavy atom. The van der Waals surface area contributed by atoms with Crippen LogP contribution < -0.4 is 0 Å². The van der Waals surface area contributed by atoms with Crippen molar-refractivity contribution in [2.24, 2.45) is 5.92 Å². The summed E-state index contributed by atoms with van der Waals surface area (Å²) >= 11 is 0. The van der Waals surface area contributed by atoms with Gasteiger partial charge in [0.2, 0.25) is 0 Å². The SMILES string of the molecule is O=C(O)C1CCCN(C(=O)c2ccn(-c3ccccc3F)n2)C1. The molecule has 1 unspecified atom stereocenters. The molecular weight excluding hydrogens is 301 g/mol. The summed E-state index contributed by atoms with van der Waals surface area (Å²) in [5.41, 5.74) is 0.438. The van der Waals surface area contributed by atoms with Crippen molar-refractivity contribution in [1.29, 1.82) is 0 Å². The molecular formula is C16H16FN3O3. The van der Waals surface area contributed by atoms with Crippen molar-refractivity contribution in [2.45, 2.75) is 12.8 Å². The standard InChI is InChI=1S/C16H16FN3O3/c17-12-5-1-2-6-14(12)20-9-7-13(18-20)15(21)19-8-3-4-11(10-19)16(22)23/h1-2,5-7,9,11H,3-4,8,10H2,(H,22,23). The summed E-state index contributed by atoms with van der Waals surface area (Å²) in [6, 6.07) is 7.66. The van der Waals surface area contributed by atoms with Crippen molar-refractivity contribution in [1.82, 2.24) is 14.7 Å². The number of rotatable bonds is 3. The smallest absolute Gasteiger partial charge is 0.308 e. The minimum atomic E-state index is -0.889. The molecule has 1 N–H and O–H groups in total. The van der Waals surface area contributed by atoms with Gasteiger partial charge in [-0.2, -0.15) is 5.10 Å². The van der Waals surface area contributed by atoms with Crippen LogP contribution in [0.15, 0.2) is 36.5 Å². The summed E-state index contributed by atoms with van der Waals surface area (Å²) in [6.45, 7) is 0.690. The highest BCUT2D eigenvalue weighted by Crippen LogP contribution is 2.19. The van der Waals surface area contributed by atoms with Crippen LogP contribution in [0.4, 0.5) is 4.39 Å². The quantitative estimate of drug-likeness (QED) is 0.939. The number of nitrogens with zero attached hydrogens (tertiary/aromatic N) is 3. The first kappa shape index (κ1) is 15.2. The normalized spacial score (nSPS) is 18.0. The molecule has 0 saturated carbocycles. The zero-order valence-electron chi connectivity index (χ0n) is 12.4. The number of aromatic nitrogens is 2. The molecule has 1 aromatic carbocycles. The maximum Gasteiger partial charge on any atom is 0.308 e. The molecule has 2 heterocycles. The van der Waals surface area contributed by atoms with Gasteiger partial charge >= 0.3 is 5.97 Å². The van der Waals surface area contributed by atoms with Gasteiger partial charge in [-0.1, -0.05) is 12.1 Å². The van der Waals surface area contributed by atoms with Crippen LogP contribution in [0, 0.1) is 11.7 Å². The van der Waals surface area contributed by atoms with Crippen LogP contribution in [0.1, 0.15) is 23.3 Å². The van der Waals surface area contributed by atoms with Crippen LogP contribution >= 0.6 is 0 Å².